The highest BCUT2D eigenvalue weighted by atomic mass is 16.7. The normalized spacial score (nSPS) is 17.0. The predicted octanol–water partition coefficient (Wildman–Crippen LogP) is 4.86. The number of ether oxygens (including phenoxy) is 8. The summed E-state index contributed by atoms with van der Waals surface area (Å²) < 4.78 is 43.6. The Balaban J connectivity index is 1.15. The van der Waals surface area contributed by atoms with Gasteiger partial charge in [-0.05, 0) is 98.5 Å². The zero-order valence-electron chi connectivity index (χ0n) is 24.1. The van der Waals surface area contributed by atoms with Gasteiger partial charge < -0.3 is 37.9 Å². The van der Waals surface area contributed by atoms with Crippen LogP contribution in [0.5, 0.6) is 23.0 Å². The van der Waals surface area contributed by atoms with Crippen LogP contribution in [0.1, 0.15) is 43.0 Å². The lowest BCUT2D eigenvalue weighted by Gasteiger charge is -2.15. The Kier molecular flexibility index (Phi) is 9.38. The maximum atomic E-state index is 12.9. The van der Waals surface area contributed by atoms with E-state index in [1.54, 1.807) is 62.4 Å². The van der Waals surface area contributed by atoms with Crippen LogP contribution in [0.3, 0.4) is 0 Å². The molecule has 5 rings (SSSR count). The van der Waals surface area contributed by atoms with Gasteiger partial charge in [0.1, 0.15) is 35.2 Å². The summed E-state index contributed by atoms with van der Waals surface area (Å²) in [6.07, 6.45) is 0.335. The van der Waals surface area contributed by atoms with Gasteiger partial charge in [0.25, 0.3) is 0 Å². The van der Waals surface area contributed by atoms with Gasteiger partial charge in [-0.1, -0.05) is 0 Å². The van der Waals surface area contributed by atoms with E-state index in [4.69, 9.17) is 37.9 Å². The summed E-state index contributed by atoms with van der Waals surface area (Å²) in [5.74, 6) is 0.961. The first kappa shape index (κ1) is 29.5. The van der Waals surface area contributed by atoms with Crippen LogP contribution in [-0.2, 0) is 18.9 Å². The van der Waals surface area contributed by atoms with E-state index in [9.17, 15) is 9.59 Å². The average Bonchev–Trinajstić information content (AvgIpc) is 3.90. The van der Waals surface area contributed by atoms with E-state index >= 15 is 0 Å². The molecule has 42 heavy (non-hydrogen) atoms. The molecule has 2 fully saturated rings. The van der Waals surface area contributed by atoms with Gasteiger partial charge in [0.05, 0.1) is 37.6 Å². The number of aryl methyl sites for hydroxylation is 2. The van der Waals surface area contributed by atoms with Gasteiger partial charge in [-0.25, -0.2) is 9.59 Å². The summed E-state index contributed by atoms with van der Waals surface area (Å²) in [7, 11) is 0. The van der Waals surface area contributed by atoms with Gasteiger partial charge in [0, 0.05) is 0 Å². The highest BCUT2D eigenvalue weighted by molar-refractivity contribution is 5.92. The lowest BCUT2D eigenvalue weighted by atomic mass is 10.1. The highest BCUT2D eigenvalue weighted by Crippen LogP contribution is 2.31. The highest BCUT2D eigenvalue weighted by Gasteiger charge is 2.23. The molecule has 0 N–H and O–H groups in total. The number of hydrogen-bond donors (Lipinski definition) is 0. The van der Waals surface area contributed by atoms with Crippen molar-refractivity contribution >= 4 is 11.9 Å². The summed E-state index contributed by atoms with van der Waals surface area (Å²) in [5.41, 5.74) is 3.67. The van der Waals surface area contributed by atoms with E-state index < -0.39 is 11.9 Å². The van der Waals surface area contributed by atoms with Crippen LogP contribution < -0.4 is 18.9 Å². The summed E-state index contributed by atoms with van der Waals surface area (Å²) in [6, 6.07) is 13.3. The first-order valence-electron chi connectivity index (χ1n) is 13.7. The minimum absolute atomic E-state index is 0.103. The molecule has 0 bridgehead atoms. The van der Waals surface area contributed by atoms with Crippen LogP contribution in [0, 0.1) is 27.7 Å². The van der Waals surface area contributed by atoms with Crippen molar-refractivity contribution in [2.24, 2.45) is 0 Å². The molecule has 0 aromatic heterocycles. The second-order valence-electron chi connectivity index (χ2n) is 10.2. The minimum Gasteiger partial charge on any atom is -0.467 e. The molecule has 0 spiro atoms. The second-order valence-corrected chi connectivity index (χ2v) is 10.2. The SMILES string of the molecule is Cc1cc(C(=O)Oc2ccc(OC(=O)c3ccc(OCOCC4CO4)c(C)c3)c(C)c2C)ccc1OCOCC1CO1. The number of carbonyl (C=O) groups is 2. The fourth-order valence-corrected chi connectivity index (χ4v) is 4.08. The van der Waals surface area contributed by atoms with Gasteiger partial charge in [-0.15, -0.1) is 0 Å². The quantitative estimate of drug-likeness (QED) is 0.0863. The Bertz CT molecular complexity index is 1330. The van der Waals surface area contributed by atoms with E-state index in [-0.39, 0.29) is 25.8 Å². The molecule has 222 valence electrons. The van der Waals surface area contributed by atoms with Crippen molar-refractivity contribution in [2.45, 2.75) is 39.9 Å². The van der Waals surface area contributed by atoms with Crippen LogP contribution in [0.25, 0.3) is 0 Å². The fraction of sp³-hybridized carbons (Fsp3) is 0.375. The Hall–Kier alpha value is -3.96. The number of rotatable bonds is 14. The molecule has 2 saturated heterocycles. The molecule has 2 aliphatic heterocycles. The van der Waals surface area contributed by atoms with Gasteiger partial charge in [-0.2, -0.15) is 0 Å². The van der Waals surface area contributed by atoms with Gasteiger partial charge in [-0.3, -0.25) is 0 Å². The smallest absolute Gasteiger partial charge is 0.343 e. The lowest BCUT2D eigenvalue weighted by molar-refractivity contribution is 0.00773. The Morgan fingerprint density at radius 1 is 0.643 bits per heavy atom. The van der Waals surface area contributed by atoms with Crippen molar-refractivity contribution in [1.82, 2.24) is 0 Å². The van der Waals surface area contributed by atoms with Gasteiger partial charge in [0.2, 0.25) is 0 Å². The first-order valence-corrected chi connectivity index (χ1v) is 13.7. The predicted molar refractivity (Wildman–Crippen MR) is 151 cm³/mol. The molecule has 0 amide bonds. The molecule has 10 nitrogen and oxygen atoms in total. The van der Waals surface area contributed by atoms with E-state index in [1.165, 1.54) is 0 Å². The number of esters is 2. The minimum atomic E-state index is -0.511. The molecule has 10 heteroatoms. The molecule has 2 aliphatic rings. The molecule has 2 heterocycles. The van der Waals surface area contributed by atoms with Crippen LogP contribution in [0.2, 0.25) is 0 Å². The van der Waals surface area contributed by atoms with E-state index in [0.717, 1.165) is 24.3 Å². The lowest BCUT2D eigenvalue weighted by Crippen LogP contribution is -2.13. The average molecular weight is 579 g/mol. The first-order chi connectivity index (χ1) is 20.3. The van der Waals surface area contributed by atoms with Crippen molar-refractivity contribution in [3.05, 3.63) is 81.9 Å². The largest absolute Gasteiger partial charge is 0.467 e. The number of benzene rings is 3. The van der Waals surface area contributed by atoms with Crippen molar-refractivity contribution in [1.29, 1.82) is 0 Å². The van der Waals surface area contributed by atoms with Crippen LogP contribution in [0.15, 0.2) is 48.5 Å². The third-order valence-electron chi connectivity index (χ3n) is 6.92. The van der Waals surface area contributed by atoms with Crippen molar-refractivity contribution in [3.8, 4) is 23.0 Å². The third kappa shape index (κ3) is 7.86. The fourth-order valence-electron chi connectivity index (χ4n) is 4.08. The molecule has 3 aromatic rings. The molecule has 0 saturated carbocycles. The molecule has 3 aromatic carbocycles. The number of carbonyl (C=O) groups excluding carboxylic acids is 2. The van der Waals surface area contributed by atoms with E-state index in [1.807, 2.05) is 13.8 Å². The number of epoxide rings is 2. The zero-order valence-corrected chi connectivity index (χ0v) is 24.1. The maximum Gasteiger partial charge on any atom is 0.343 e. The van der Waals surface area contributed by atoms with Crippen LogP contribution >= 0.6 is 0 Å². The summed E-state index contributed by atoms with van der Waals surface area (Å²) >= 11 is 0. The Morgan fingerprint density at radius 3 is 1.38 bits per heavy atom. The monoisotopic (exact) mass is 578 g/mol. The Morgan fingerprint density at radius 2 is 1.02 bits per heavy atom. The molecule has 2 atom stereocenters. The molecular formula is C32H34O10. The van der Waals surface area contributed by atoms with E-state index in [2.05, 4.69) is 0 Å². The summed E-state index contributed by atoms with van der Waals surface area (Å²) in [4.78, 5) is 25.8. The van der Waals surface area contributed by atoms with Crippen molar-refractivity contribution in [2.75, 3.05) is 40.0 Å². The third-order valence-corrected chi connectivity index (χ3v) is 6.92. The molecule has 0 aliphatic carbocycles. The summed E-state index contributed by atoms with van der Waals surface area (Å²) in [5, 5.41) is 0. The molecule has 2 unspecified atom stereocenters. The van der Waals surface area contributed by atoms with Crippen LogP contribution in [0.4, 0.5) is 0 Å². The van der Waals surface area contributed by atoms with Gasteiger partial charge in [0.15, 0.2) is 13.6 Å². The molecular weight excluding hydrogens is 544 g/mol. The van der Waals surface area contributed by atoms with Gasteiger partial charge >= 0.3 is 11.9 Å². The Labute approximate surface area is 244 Å². The van der Waals surface area contributed by atoms with Crippen molar-refractivity contribution < 1.29 is 47.5 Å². The maximum absolute atomic E-state index is 12.9. The standard InChI is InChI=1S/C32H34O10/c1-19-11-23(5-7-27(19)39-17-35-13-25-15-37-25)31(33)41-29-9-10-30(22(4)21(29)3)42-32(34)24-6-8-28(20(2)12-24)40-18-36-14-26-16-38-26/h5-12,25-26H,13-18H2,1-4H3. The molecule has 0 radical (unpaired) electrons. The van der Waals surface area contributed by atoms with E-state index in [0.29, 0.717) is 58.5 Å². The zero-order chi connectivity index (χ0) is 29.6. The van der Waals surface area contributed by atoms with Crippen LogP contribution in [-0.4, -0.2) is 64.2 Å². The van der Waals surface area contributed by atoms with Crippen molar-refractivity contribution in [3.63, 3.8) is 0 Å². The topological polar surface area (TPSA) is 115 Å². The number of hydrogen-bond acceptors (Lipinski definition) is 10. The summed E-state index contributed by atoms with van der Waals surface area (Å²) in [6.45, 7) is 9.94. The second kappa shape index (κ2) is 13.3.